The molecule has 1 aromatic rings. The van der Waals surface area contributed by atoms with Crippen LogP contribution in [0.25, 0.3) is 0 Å². The van der Waals surface area contributed by atoms with E-state index in [0.29, 0.717) is 12.4 Å². The zero-order chi connectivity index (χ0) is 15.3. The normalized spacial score (nSPS) is 13.3. The number of nitrogen functional groups attached to an aromatic ring is 1. The van der Waals surface area contributed by atoms with Gasteiger partial charge in [-0.15, -0.1) is 0 Å². The lowest BCUT2D eigenvalue weighted by molar-refractivity contribution is -0.119. The molecular weight excluding hydrogens is 282 g/mol. The van der Waals surface area contributed by atoms with Gasteiger partial charge in [0.1, 0.15) is 11.0 Å². The first-order valence-electron chi connectivity index (χ1n) is 5.90. The van der Waals surface area contributed by atoms with E-state index in [9.17, 15) is 13.8 Å². The Morgan fingerprint density at radius 2 is 2.10 bits per heavy atom. The van der Waals surface area contributed by atoms with Gasteiger partial charge in [-0.3, -0.25) is 14.3 Å². The van der Waals surface area contributed by atoms with Crippen LogP contribution in [0.15, 0.2) is 23.1 Å². The molecule has 0 bridgehead atoms. The van der Waals surface area contributed by atoms with E-state index < -0.39 is 28.0 Å². The fourth-order valence-electron chi connectivity index (χ4n) is 1.46. The number of amides is 3. The average molecular weight is 299 g/mol. The third kappa shape index (κ3) is 3.95. The number of nitrogens with two attached hydrogens (primary N) is 2. The molecule has 0 heterocycles. The van der Waals surface area contributed by atoms with Gasteiger partial charge in [0.05, 0.1) is 22.3 Å². The van der Waals surface area contributed by atoms with Crippen LogP contribution in [0.3, 0.4) is 0 Å². The van der Waals surface area contributed by atoms with Crippen molar-refractivity contribution in [2.24, 2.45) is 5.73 Å². The minimum Gasteiger partial charge on any atom is -0.494 e. The Balaban J connectivity index is 2.98. The van der Waals surface area contributed by atoms with Crippen LogP contribution in [-0.4, -0.2) is 28.0 Å². The van der Waals surface area contributed by atoms with Gasteiger partial charge in [0, 0.05) is 5.69 Å². The van der Waals surface area contributed by atoms with Gasteiger partial charge in [-0.2, -0.15) is 0 Å². The zero-order valence-electron chi connectivity index (χ0n) is 11.2. The molecule has 2 atom stereocenters. The number of hydrogen-bond donors (Lipinski definition) is 3. The molecule has 0 fully saturated rings. The molecule has 0 saturated heterocycles. The predicted octanol–water partition coefficient (Wildman–Crippen LogP) is 0.358. The second-order valence-electron chi connectivity index (χ2n) is 3.93. The number of hydrogen-bond acceptors (Lipinski definition) is 5. The summed E-state index contributed by atoms with van der Waals surface area (Å²) in [6.07, 6.45) is 0. The van der Waals surface area contributed by atoms with Gasteiger partial charge < -0.3 is 16.2 Å². The highest BCUT2D eigenvalue weighted by Crippen LogP contribution is 2.25. The summed E-state index contributed by atoms with van der Waals surface area (Å²) in [7, 11) is -1.72. The monoisotopic (exact) mass is 299 g/mol. The molecule has 1 aromatic carbocycles. The summed E-state index contributed by atoms with van der Waals surface area (Å²) in [6, 6.07) is 3.73. The number of ether oxygens (including phenoxy) is 1. The fraction of sp³-hybridized carbons (Fsp3) is 0.333. The number of urea groups is 1. The van der Waals surface area contributed by atoms with Crippen LogP contribution >= 0.6 is 0 Å². The molecule has 3 amide bonds. The molecule has 20 heavy (non-hydrogen) atoms. The lowest BCUT2D eigenvalue weighted by Gasteiger charge is -2.13. The first kappa shape index (κ1) is 16.0. The van der Waals surface area contributed by atoms with Crippen LogP contribution in [-0.2, 0) is 15.6 Å². The van der Waals surface area contributed by atoms with Crippen molar-refractivity contribution in [3.05, 3.63) is 18.2 Å². The molecule has 1 rings (SSSR count). The van der Waals surface area contributed by atoms with E-state index in [1.165, 1.54) is 13.0 Å². The van der Waals surface area contributed by atoms with E-state index in [2.05, 4.69) is 0 Å². The maximum atomic E-state index is 12.3. The number of carbonyl (C=O) groups excluding carboxylic acids is 2. The van der Waals surface area contributed by atoms with Crippen LogP contribution in [0.5, 0.6) is 5.75 Å². The summed E-state index contributed by atoms with van der Waals surface area (Å²) in [4.78, 5) is 22.5. The minimum atomic E-state index is -1.72. The molecule has 8 heteroatoms. The zero-order valence-corrected chi connectivity index (χ0v) is 12.0. The second kappa shape index (κ2) is 6.90. The second-order valence-corrected chi connectivity index (χ2v) is 5.67. The maximum Gasteiger partial charge on any atom is 0.318 e. The van der Waals surface area contributed by atoms with Gasteiger partial charge in [0.2, 0.25) is 5.91 Å². The standard InChI is InChI=1S/C12H17N3O4S/c1-3-19-8-4-5-9(13)10(6-8)20(18)7(2)11(16)15-12(14)17/h4-7H,3,13H2,1-2H3,(H3,14,15,16,17). The smallest absolute Gasteiger partial charge is 0.318 e. The molecule has 0 aliphatic rings. The molecule has 7 nitrogen and oxygen atoms in total. The van der Waals surface area contributed by atoms with Crippen LogP contribution in [0, 0.1) is 0 Å². The van der Waals surface area contributed by atoms with Gasteiger partial charge in [0.25, 0.3) is 0 Å². The summed E-state index contributed by atoms with van der Waals surface area (Å²) in [5.74, 6) is -0.218. The molecule has 5 N–H and O–H groups in total. The minimum absolute atomic E-state index is 0.281. The average Bonchev–Trinajstić information content (AvgIpc) is 2.38. The van der Waals surface area contributed by atoms with Crippen LogP contribution in [0.2, 0.25) is 0 Å². The van der Waals surface area contributed by atoms with E-state index in [1.54, 1.807) is 12.1 Å². The van der Waals surface area contributed by atoms with Crippen molar-refractivity contribution in [2.75, 3.05) is 12.3 Å². The number of imide groups is 1. The van der Waals surface area contributed by atoms with Gasteiger partial charge in [-0.25, -0.2) is 4.79 Å². The lowest BCUT2D eigenvalue weighted by Crippen LogP contribution is -2.42. The first-order valence-corrected chi connectivity index (χ1v) is 7.11. The summed E-state index contributed by atoms with van der Waals surface area (Å²) < 4.78 is 17.6. The summed E-state index contributed by atoms with van der Waals surface area (Å²) in [5.41, 5.74) is 10.9. The van der Waals surface area contributed by atoms with E-state index in [1.807, 2.05) is 12.2 Å². The van der Waals surface area contributed by atoms with E-state index in [0.717, 1.165) is 0 Å². The Morgan fingerprint density at radius 3 is 2.65 bits per heavy atom. The summed E-state index contributed by atoms with van der Waals surface area (Å²) in [6.45, 7) is 3.69. The van der Waals surface area contributed by atoms with Gasteiger partial charge >= 0.3 is 6.03 Å². The highest BCUT2D eigenvalue weighted by Gasteiger charge is 2.24. The number of carbonyl (C=O) groups is 2. The van der Waals surface area contributed by atoms with Crippen LogP contribution in [0.4, 0.5) is 10.5 Å². The van der Waals surface area contributed by atoms with Crippen molar-refractivity contribution in [3.8, 4) is 5.75 Å². The molecule has 0 aliphatic heterocycles. The van der Waals surface area contributed by atoms with Crippen molar-refractivity contribution in [2.45, 2.75) is 24.0 Å². The van der Waals surface area contributed by atoms with Gasteiger partial charge in [-0.1, -0.05) is 0 Å². The Morgan fingerprint density at radius 1 is 1.45 bits per heavy atom. The summed E-state index contributed by atoms with van der Waals surface area (Å²) in [5, 5.41) is 0.917. The largest absolute Gasteiger partial charge is 0.494 e. The fourth-order valence-corrected chi connectivity index (χ4v) is 2.62. The highest BCUT2D eigenvalue weighted by molar-refractivity contribution is 7.86. The molecular formula is C12H17N3O4S. The van der Waals surface area contributed by atoms with Crippen molar-refractivity contribution in [1.82, 2.24) is 5.32 Å². The first-order chi connectivity index (χ1) is 9.36. The van der Waals surface area contributed by atoms with Crippen molar-refractivity contribution in [3.63, 3.8) is 0 Å². The Bertz CT molecular complexity index is 548. The van der Waals surface area contributed by atoms with Gasteiger partial charge in [0.15, 0.2) is 0 Å². The number of benzene rings is 1. The maximum absolute atomic E-state index is 12.3. The summed E-state index contributed by atoms with van der Waals surface area (Å²) >= 11 is 0. The van der Waals surface area contributed by atoms with Crippen molar-refractivity contribution < 1.29 is 18.5 Å². The van der Waals surface area contributed by atoms with E-state index in [4.69, 9.17) is 16.2 Å². The van der Waals surface area contributed by atoms with E-state index >= 15 is 0 Å². The Hall–Kier alpha value is -2.09. The van der Waals surface area contributed by atoms with Crippen molar-refractivity contribution in [1.29, 1.82) is 0 Å². The molecule has 0 radical (unpaired) electrons. The van der Waals surface area contributed by atoms with Crippen LogP contribution < -0.4 is 21.5 Å². The molecule has 0 spiro atoms. The van der Waals surface area contributed by atoms with Crippen molar-refractivity contribution >= 4 is 28.4 Å². The topological polar surface area (TPSA) is 125 Å². The highest BCUT2D eigenvalue weighted by atomic mass is 32.2. The van der Waals surface area contributed by atoms with Crippen LogP contribution in [0.1, 0.15) is 13.8 Å². The SMILES string of the molecule is CCOc1ccc(N)c(S(=O)C(C)C(=O)NC(N)=O)c1. The lowest BCUT2D eigenvalue weighted by atomic mass is 10.3. The number of primary amides is 1. The Kier molecular flexibility index (Phi) is 5.51. The number of anilines is 1. The molecule has 110 valence electrons. The predicted molar refractivity (Wildman–Crippen MR) is 75.6 cm³/mol. The Labute approximate surface area is 119 Å². The molecule has 0 saturated carbocycles. The van der Waals surface area contributed by atoms with Gasteiger partial charge in [-0.05, 0) is 32.0 Å². The third-order valence-corrected chi connectivity index (χ3v) is 4.09. The quantitative estimate of drug-likeness (QED) is 0.677. The van der Waals surface area contributed by atoms with E-state index in [-0.39, 0.29) is 10.6 Å². The third-order valence-electron chi connectivity index (χ3n) is 2.45. The molecule has 0 aromatic heterocycles. The number of nitrogens with one attached hydrogen (secondary N) is 1. The molecule has 0 aliphatic carbocycles. The molecule has 2 unspecified atom stereocenters. The number of rotatable bonds is 5.